The monoisotopic (exact) mass is 381 g/mol. The lowest BCUT2D eigenvalue weighted by molar-refractivity contribution is -0.140. The lowest BCUT2D eigenvalue weighted by Crippen LogP contribution is -2.28. The van der Waals surface area contributed by atoms with Crippen molar-refractivity contribution >= 4 is 33.3 Å². The fraction of sp³-hybridized carbons (Fsp3) is 0.176. The highest BCUT2D eigenvalue weighted by molar-refractivity contribution is 7.13. The Bertz CT molecular complexity index is 940. The number of aromatic nitrogens is 1. The number of methoxy groups -OCH3 is 1. The number of ether oxygens (including phenoxy) is 1. The molecule has 3 aromatic rings. The molecule has 0 spiro atoms. The number of fused-ring (bicyclic) bond motifs is 1. The van der Waals surface area contributed by atoms with Gasteiger partial charge in [-0.3, -0.25) is 5.32 Å². The van der Waals surface area contributed by atoms with Crippen LogP contribution >= 0.6 is 11.3 Å². The fourth-order valence-corrected chi connectivity index (χ4v) is 3.01. The van der Waals surface area contributed by atoms with E-state index >= 15 is 0 Å². The molecule has 0 saturated heterocycles. The third kappa shape index (κ3) is 4.23. The molecule has 0 saturated carbocycles. The molecular weight excluding hydrogens is 367 g/mol. The first-order chi connectivity index (χ1) is 12.3. The van der Waals surface area contributed by atoms with Crippen molar-refractivity contribution in [2.75, 3.05) is 12.4 Å². The van der Waals surface area contributed by atoms with E-state index in [4.69, 9.17) is 4.74 Å². The number of nitrogens with zero attached hydrogens (tertiary/aromatic N) is 1. The van der Waals surface area contributed by atoms with Gasteiger partial charge in [-0.05, 0) is 34.5 Å². The maximum absolute atomic E-state index is 12.5. The summed E-state index contributed by atoms with van der Waals surface area (Å²) in [6, 6.07) is 10.7. The molecule has 2 amide bonds. The minimum absolute atomic E-state index is 0.111. The Kier molecular flexibility index (Phi) is 4.99. The molecule has 5 nitrogen and oxygen atoms in total. The minimum atomic E-state index is -4.53. The van der Waals surface area contributed by atoms with Crippen molar-refractivity contribution in [1.29, 1.82) is 0 Å². The number of thiazole rings is 1. The molecular formula is C17H14F3N3O2S. The maximum Gasteiger partial charge on any atom is 0.434 e. The average molecular weight is 381 g/mol. The van der Waals surface area contributed by atoms with Gasteiger partial charge in [0, 0.05) is 11.9 Å². The van der Waals surface area contributed by atoms with Gasteiger partial charge in [-0.25, -0.2) is 9.78 Å². The summed E-state index contributed by atoms with van der Waals surface area (Å²) in [7, 11) is 1.60. The van der Waals surface area contributed by atoms with E-state index in [1.54, 1.807) is 7.11 Å². The quantitative estimate of drug-likeness (QED) is 0.692. The van der Waals surface area contributed by atoms with E-state index in [2.05, 4.69) is 15.6 Å². The van der Waals surface area contributed by atoms with Gasteiger partial charge in [0.1, 0.15) is 5.75 Å². The summed E-state index contributed by atoms with van der Waals surface area (Å²) in [4.78, 5) is 15.2. The number of alkyl halides is 3. The Morgan fingerprint density at radius 1 is 1.19 bits per heavy atom. The van der Waals surface area contributed by atoms with Gasteiger partial charge in [-0.15, -0.1) is 11.3 Å². The minimum Gasteiger partial charge on any atom is -0.497 e. The molecule has 2 aromatic carbocycles. The van der Waals surface area contributed by atoms with Crippen LogP contribution in [0.3, 0.4) is 0 Å². The number of hydrogen-bond donors (Lipinski definition) is 2. The zero-order valence-electron chi connectivity index (χ0n) is 13.6. The number of amides is 2. The van der Waals surface area contributed by atoms with Crippen LogP contribution in [0, 0.1) is 0 Å². The molecule has 0 radical (unpaired) electrons. The van der Waals surface area contributed by atoms with Crippen molar-refractivity contribution in [2.24, 2.45) is 0 Å². The summed E-state index contributed by atoms with van der Waals surface area (Å²) in [6.07, 6.45) is -4.53. The molecule has 0 bridgehead atoms. The number of nitrogens with one attached hydrogen (secondary N) is 2. The number of hydrogen-bond acceptors (Lipinski definition) is 4. The van der Waals surface area contributed by atoms with E-state index < -0.39 is 17.9 Å². The first-order valence-corrected chi connectivity index (χ1v) is 8.37. The van der Waals surface area contributed by atoms with Crippen LogP contribution < -0.4 is 15.4 Å². The third-order valence-electron chi connectivity index (χ3n) is 3.58. The Morgan fingerprint density at radius 3 is 2.62 bits per heavy atom. The van der Waals surface area contributed by atoms with Crippen LogP contribution in [0.1, 0.15) is 11.3 Å². The zero-order valence-corrected chi connectivity index (χ0v) is 14.4. The lowest BCUT2D eigenvalue weighted by Gasteiger charge is -2.08. The van der Waals surface area contributed by atoms with Crippen molar-refractivity contribution in [3.63, 3.8) is 0 Å². The molecule has 3 rings (SSSR count). The van der Waals surface area contributed by atoms with Crippen LogP contribution in [0.15, 0.2) is 41.8 Å². The Morgan fingerprint density at radius 2 is 1.92 bits per heavy atom. The third-order valence-corrected chi connectivity index (χ3v) is 4.34. The van der Waals surface area contributed by atoms with Crippen molar-refractivity contribution in [2.45, 2.75) is 12.7 Å². The van der Waals surface area contributed by atoms with Gasteiger partial charge in [-0.1, -0.05) is 18.2 Å². The second-order valence-corrected chi connectivity index (χ2v) is 6.25. The molecule has 1 heterocycles. The van der Waals surface area contributed by atoms with Crippen LogP contribution in [0.5, 0.6) is 5.75 Å². The summed E-state index contributed by atoms with van der Waals surface area (Å²) < 4.78 is 42.6. The van der Waals surface area contributed by atoms with Gasteiger partial charge in [0.2, 0.25) is 0 Å². The van der Waals surface area contributed by atoms with Gasteiger partial charge in [0.05, 0.1) is 7.11 Å². The summed E-state index contributed by atoms with van der Waals surface area (Å²) in [5.41, 5.74) is -0.171. The SMILES string of the molecule is COc1ccc2cc(CNC(=O)Nc3nc(C(F)(F)F)cs3)ccc2c1. The van der Waals surface area contributed by atoms with Crippen LogP contribution in [0.25, 0.3) is 10.8 Å². The number of rotatable bonds is 4. The maximum atomic E-state index is 12.5. The predicted molar refractivity (Wildman–Crippen MR) is 93.5 cm³/mol. The number of urea groups is 1. The topological polar surface area (TPSA) is 63.2 Å². The van der Waals surface area contributed by atoms with Crippen LogP contribution in [0.4, 0.5) is 23.1 Å². The molecule has 136 valence electrons. The number of benzene rings is 2. The first kappa shape index (κ1) is 18.0. The van der Waals surface area contributed by atoms with Crippen molar-refractivity contribution < 1.29 is 22.7 Å². The first-order valence-electron chi connectivity index (χ1n) is 7.49. The van der Waals surface area contributed by atoms with Crippen LogP contribution in [-0.2, 0) is 12.7 Å². The predicted octanol–water partition coefficient (Wildman–Crippen LogP) is 4.65. The van der Waals surface area contributed by atoms with E-state index in [9.17, 15) is 18.0 Å². The standard InChI is InChI=1S/C17H14F3N3O2S/c1-25-13-5-4-11-6-10(2-3-12(11)7-13)8-21-15(24)23-16-22-14(9-26-16)17(18,19)20/h2-7,9H,8H2,1H3,(H2,21,22,23,24). The van der Waals surface area contributed by atoms with Gasteiger partial charge in [0.25, 0.3) is 0 Å². The molecule has 0 aliphatic carbocycles. The lowest BCUT2D eigenvalue weighted by atomic mass is 10.1. The van der Waals surface area contributed by atoms with E-state index in [0.29, 0.717) is 11.3 Å². The molecule has 1 aromatic heterocycles. The fourth-order valence-electron chi connectivity index (χ4n) is 2.30. The number of anilines is 1. The highest BCUT2D eigenvalue weighted by Crippen LogP contribution is 2.31. The molecule has 0 unspecified atom stereocenters. The van der Waals surface area contributed by atoms with E-state index in [1.165, 1.54) is 0 Å². The molecule has 9 heteroatoms. The highest BCUT2D eigenvalue weighted by Gasteiger charge is 2.33. The van der Waals surface area contributed by atoms with E-state index in [1.807, 2.05) is 36.4 Å². The molecule has 0 aliphatic heterocycles. The van der Waals surface area contributed by atoms with E-state index in [0.717, 1.165) is 27.5 Å². The smallest absolute Gasteiger partial charge is 0.434 e. The largest absolute Gasteiger partial charge is 0.497 e. The molecule has 0 fully saturated rings. The Balaban J connectivity index is 1.60. The van der Waals surface area contributed by atoms with Crippen LogP contribution in [0.2, 0.25) is 0 Å². The van der Waals surface area contributed by atoms with Gasteiger partial charge >= 0.3 is 12.2 Å². The Labute approximate surface area is 150 Å². The van der Waals surface area contributed by atoms with Crippen molar-refractivity contribution in [3.05, 3.63) is 53.0 Å². The second kappa shape index (κ2) is 7.20. The molecule has 2 N–H and O–H groups in total. The molecule has 0 atom stereocenters. The number of carbonyl (C=O) groups is 1. The average Bonchev–Trinajstić information content (AvgIpc) is 3.08. The van der Waals surface area contributed by atoms with Gasteiger partial charge in [0.15, 0.2) is 10.8 Å². The Hall–Kier alpha value is -2.81. The summed E-state index contributed by atoms with van der Waals surface area (Å²) in [5, 5.41) is 7.62. The second-order valence-electron chi connectivity index (χ2n) is 5.39. The summed E-state index contributed by atoms with van der Waals surface area (Å²) >= 11 is 0.717. The van der Waals surface area contributed by atoms with Gasteiger partial charge < -0.3 is 10.1 Å². The molecule has 26 heavy (non-hydrogen) atoms. The van der Waals surface area contributed by atoms with Crippen LogP contribution in [-0.4, -0.2) is 18.1 Å². The highest BCUT2D eigenvalue weighted by atomic mass is 32.1. The van der Waals surface area contributed by atoms with Gasteiger partial charge in [-0.2, -0.15) is 13.2 Å². The number of halogens is 3. The van der Waals surface area contributed by atoms with E-state index in [-0.39, 0.29) is 11.7 Å². The zero-order chi connectivity index (χ0) is 18.7. The van der Waals surface area contributed by atoms with Crippen molar-refractivity contribution in [3.8, 4) is 5.75 Å². The summed E-state index contributed by atoms with van der Waals surface area (Å²) in [6.45, 7) is 0.227. The summed E-state index contributed by atoms with van der Waals surface area (Å²) in [5.74, 6) is 0.754. The van der Waals surface area contributed by atoms with Crippen molar-refractivity contribution in [1.82, 2.24) is 10.3 Å². The molecule has 0 aliphatic rings. The normalized spacial score (nSPS) is 11.4. The number of carbonyl (C=O) groups excluding carboxylic acids is 1.